The molecule has 0 radical (unpaired) electrons. The van der Waals surface area contributed by atoms with Gasteiger partial charge in [-0.05, 0) is 25.5 Å². The van der Waals surface area contributed by atoms with Crippen molar-refractivity contribution in [3.8, 4) is 0 Å². The summed E-state index contributed by atoms with van der Waals surface area (Å²) in [6.45, 7) is 8.51. The van der Waals surface area contributed by atoms with Gasteiger partial charge >= 0.3 is 0 Å². The molecule has 0 aliphatic rings. The number of rotatable bonds is 7. The van der Waals surface area contributed by atoms with Crippen molar-refractivity contribution in [2.45, 2.75) is 32.1 Å². The number of allylic oxidation sites excluding steroid dienone is 1. The molecule has 27 heavy (non-hydrogen) atoms. The molecule has 0 bridgehead atoms. The number of hydrogen-bond donors (Lipinski definition) is 1. The fourth-order valence-electron chi connectivity index (χ4n) is 2.51. The van der Waals surface area contributed by atoms with E-state index in [1.54, 1.807) is 29.8 Å². The molecule has 0 unspecified atom stereocenters. The number of aryl methyl sites for hydroxylation is 1. The van der Waals surface area contributed by atoms with E-state index in [9.17, 15) is 9.59 Å². The van der Waals surface area contributed by atoms with E-state index in [0.29, 0.717) is 23.8 Å². The number of carbonyl (C=O) groups is 1. The molecule has 1 N–H and O–H groups in total. The molecule has 0 spiro atoms. The van der Waals surface area contributed by atoms with Gasteiger partial charge in [-0.15, -0.1) is 17.9 Å². The molecule has 0 aromatic carbocycles. The zero-order chi connectivity index (χ0) is 19.4. The SMILES string of the molecule is C=CCn1c(SCC(=O)NCc2cccnc2)nc2c(=O)c(C)c(C)sc21. The molecule has 0 saturated carbocycles. The first-order chi connectivity index (χ1) is 13.0. The minimum atomic E-state index is -0.0977. The van der Waals surface area contributed by atoms with Gasteiger partial charge in [0.25, 0.3) is 0 Å². The van der Waals surface area contributed by atoms with Crippen molar-refractivity contribution in [3.05, 3.63) is 63.4 Å². The third-order valence-electron chi connectivity index (χ3n) is 4.08. The van der Waals surface area contributed by atoms with Gasteiger partial charge < -0.3 is 9.88 Å². The average Bonchev–Trinajstić information content (AvgIpc) is 3.01. The Morgan fingerprint density at radius 1 is 1.44 bits per heavy atom. The first kappa shape index (κ1) is 19.3. The number of thioether (sulfide) groups is 1. The number of nitrogens with one attached hydrogen (secondary N) is 1. The summed E-state index contributed by atoms with van der Waals surface area (Å²) < 4.78 is 1.94. The number of aromatic nitrogens is 3. The van der Waals surface area contributed by atoms with E-state index in [1.807, 2.05) is 30.5 Å². The predicted octanol–water partition coefficient (Wildman–Crippen LogP) is 3.06. The van der Waals surface area contributed by atoms with Crippen LogP contribution < -0.4 is 10.7 Å². The molecule has 140 valence electrons. The van der Waals surface area contributed by atoms with Crippen molar-refractivity contribution < 1.29 is 4.79 Å². The van der Waals surface area contributed by atoms with Crippen LogP contribution in [0.3, 0.4) is 0 Å². The lowest BCUT2D eigenvalue weighted by molar-refractivity contribution is -0.118. The molecular weight excluding hydrogens is 380 g/mol. The Hall–Kier alpha value is -2.45. The Balaban J connectivity index is 1.77. The molecular formula is C19H20N4O2S2. The lowest BCUT2D eigenvalue weighted by Crippen LogP contribution is -2.24. The van der Waals surface area contributed by atoms with Gasteiger partial charge in [0.2, 0.25) is 11.3 Å². The van der Waals surface area contributed by atoms with E-state index in [4.69, 9.17) is 0 Å². The summed E-state index contributed by atoms with van der Waals surface area (Å²) in [5, 5.41) is 3.52. The molecule has 0 atom stereocenters. The van der Waals surface area contributed by atoms with Crippen LogP contribution in [0.1, 0.15) is 16.0 Å². The Bertz CT molecular complexity index is 1040. The molecule has 0 aliphatic heterocycles. The molecule has 1 amide bonds. The van der Waals surface area contributed by atoms with Gasteiger partial charge in [-0.1, -0.05) is 23.9 Å². The van der Waals surface area contributed by atoms with Crippen LogP contribution in [0.2, 0.25) is 0 Å². The second-order valence-corrected chi connectivity index (χ2v) is 8.13. The predicted molar refractivity (Wildman–Crippen MR) is 110 cm³/mol. The normalized spacial score (nSPS) is 10.9. The number of fused-ring (bicyclic) bond motifs is 1. The van der Waals surface area contributed by atoms with Gasteiger partial charge in [0, 0.05) is 35.9 Å². The number of nitrogens with zero attached hydrogens (tertiary/aromatic N) is 3. The highest BCUT2D eigenvalue weighted by Gasteiger charge is 2.17. The van der Waals surface area contributed by atoms with E-state index < -0.39 is 0 Å². The van der Waals surface area contributed by atoms with E-state index in [2.05, 4.69) is 21.9 Å². The second kappa shape index (κ2) is 8.49. The Morgan fingerprint density at radius 2 is 2.26 bits per heavy atom. The van der Waals surface area contributed by atoms with Crippen LogP contribution in [0.5, 0.6) is 0 Å². The number of pyridine rings is 1. The van der Waals surface area contributed by atoms with Gasteiger partial charge in [-0.2, -0.15) is 0 Å². The first-order valence-electron chi connectivity index (χ1n) is 8.41. The van der Waals surface area contributed by atoms with E-state index in [-0.39, 0.29) is 17.1 Å². The van der Waals surface area contributed by atoms with Crippen LogP contribution >= 0.6 is 23.1 Å². The van der Waals surface area contributed by atoms with E-state index in [1.165, 1.54) is 11.8 Å². The molecule has 0 saturated heterocycles. The van der Waals surface area contributed by atoms with E-state index in [0.717, 1.165) is 20.8 Å². The minimum absolute atomic E-state index is 0.0491. The molecule has 8 heteroatoms. The second-order valence-electron chi connectivity index (χ2n) is 5.99. The fourth-order valence-corrected chi connectivity index (χ4v) is 4.45. The maximum atomic E-state index is 12.5. The molecule has 0 fully saturated rings. The van der Waals surface area contributed by atoms with Gasteiger partial charge in [0.05, 0.1) is 5.75 Å². The topological polar surface area (TPSA) is 76.9 Å². The lowest BCUT2D eigenvalue weighted by atomic mass is 10.2. The van der Waals surface area contributed by atoms with Crippen molar-refractivity contribution in [2.75, 3.05) is 5.75 Å². The van der Waals surface area contributed by atoms with Crippen LogP contribution in [-0.4, -0.2) is 26.2 Å². The standard InChI is InChI=1S/C19H20N4O2S2/c1-4-8-23-18-16(17(25)12(2)13(3)27-18)22-19(23)26-11-15(24)21-10-14-6-5-7-20-9-14/h4-7,9H,1,8,10-11H2,2-3H3,(H,21,24). The number of carbonyl (C=O) groups excluding carboxylic acids is 1. The molecule has 0 aliphatic carbocycles. The third-order valence-corrected chi connectivity index (χ3v) is 6.27. The van der Waals surface area contributed by atoms with Gasteiger partial charge in [-0.3, -0.25) is 14.6 Å². The largest absolute Gasteiger partial charge is 0.351 e. The smallest absolute Gasteiger partial charge is 0.230 e. The monoisotopic (exact) mass is 400 g/mol. The Kier molecular flexibility index (Phi) is 6.08. The van der Waals surface area contributed by atoms with Crippen LogP contribution in [0.15, 0.2) is 47.1 Å². The highest BCUT2D eigenvalue weighted by Crippen LogP contribution is 2.27. The van der Waals surface area contributed by atoms with Crippen LogP contribution in [0, 0.1) is 13.8 Å². The zero-order valence-corrected chi connectivity index (χ0v) is 16.8. The fraction of sp³-hybridized carbons (Fsp3) is 0.263. The molecule has 3 aromatic heterocycles. The third kappa shape index (κ3) is 4.28. The number of imidazole rings is 1. The van der Waals surface area contributed by atoms with Crippen molar-refractivity contribution >= 4 is 39.4 Å². The van der Waals surface area contributed by atoms with Gasteiger partial charge in [0.15, 0.2) is 5.16 Å². The molecule has 3 heterocycles. The quantitative estimate of drug-likeness (QED) is 0.487. The minimum Gasteiger partial charge on any atom is -0.351 e. The summed E-state index contributed by atoms with van der Waals surface area (Å²) in [6, 6.07) is 3.74. The summed E-state index contributed by atoms with van der Waals surface area (Å²) >= 11 is 2.86. The van der Waals surface area contributed by atoms with Gasteiger partial charge in [0.1, 0.15) is 10.3 Å². The Labute approximate surface area is 165 Å². The first-order valence-corrected chi connectivity index (χ1v) is 10.2. The summed E-state index contributed by atoms with van der Waals surface area (Å²) in [6.07, 6.45) is 5.18. The van der Waals surface area contributed by atoms with Crippen LogP contribution in [0.4, 0.5) is 0 Å². The van der Waals surface area contributed by atoms with Crippen molar-refractivity contribution in [1.29, 1.82) is 0 Å². The molecule has 6 nitrogen and oxygen atoms in total. The van der Waals surface area contributed by atoms with Crippen LogP contribution in [-0.2, 0) is 17.9 Å². The summed E-state index contributed by atoms with van der Waals surface area (Å²) in [5.41, 5.74) is 2.08. The summed E-state index contributed by atoms with van der Waals surface area (Å²) in [4.78, 5) is 35.0. The van der Waals surface area contributed by atoms with Gasteiger partial charge in [-0.25, -0.2) is 4.98 Å². The molecule has 3 rings (SSSR count). The van der Waals surface area contributed by atoms with Crippen molar-refractivity contribution in [3.63, 3.8) is 0 Å². The number of amides is 1. The zero-order valence-electron chi connectivity index (χ0n) is 15.2. The number of hydrogen-bond acceptors (Lipinski definition) is 6. The lowest BCUT2D eigenvalue weighted by Gasteiger charge is -2.07. The summed E-state index contributed by atoms with van der Waals surface area (Å²) in [7, 11) is 0. The van der Waals surface area contributed by atoms with Crippen molar-refractivity contribution in [1.82, 2.24) is 19.9 Å². The van der Waals surface area contributed by atoms with Crippen LogP contribution in [0.25, 0.3) is 10.3 Å². The maximum Gasteiger partial charge on any atom is 0.230 e. The Morgan fingerprint density at radius 3 is 2.96 bits per heavy atom. The van der Waals surface area contributed by atoms with Crippen molar-refractivity contribution in [2.24, 2.45) is 0 Å². The molecule has 3 aromatic rings. The summed E-state index contributed by atoms with van der Waals surface area (Å²) in [5.74, 6) is 0.122. The highest BCUT2D eigenvalue weighted by molar-refractivity contribution is 7.99. The maximum absolute atomic E-state index is 12.5. The van der Waals surface area contributed by atoms with E-state index >= 15 is 0 Å². The average molecular weight is 401 g/mol. The highest BCUT2D eigenvalue weighted by atomic mass is 32.2.